The zero-order valence-electron chi connectivity index (χ0n) is 13.4. The lowest BCUT2D eigenvalue weighted by molar-refractivity contribution is 0.122. The molecule has 5 heteroatoms. The largest absolute Gasteiger partial charge is 0.378 e. The summed E-state index contributed by atoms with van der Waals surface area (Å²) in [4.78, 5) is 14.4. The topological polar surface area (TPSA) is 53.6 Å². The first-order valence-corrected chi connectivity index (χ1v) is 8.14. The minimum absolute atomic E-state index is 0.110. The maximum absolute atomic E-state index is 12.0. The molecule has 2 amide bonds. The summed E-state index contributed by atoms with van der Waals surface area (Å²) in [6.07, 6.45) is 2.46. The molecule has 0 bridgehead atoms. The summed E-state index contributed by atoms with van der Waals surface area (Å²) >= 11 is 0. The molecule has 1 aliphatic heterocycles. The minimum atomic E-state index is -0.110. The number of ether oxygens (including phenoxy) is 1. The van der Waals surface area contributed by atoms with Crippen molar-refractivity contribution < 1.29 is 9.53 Å². The lowest BCUT2D eigenvalue weighted by Crippen LogP contribution is -2.37. The van der Waals surface area contributed by atoms with Crippen LogP contribution in [0.2, 0.25) is 0 Å². The highest BCUT2D eigenvalue weighted by Gasteiger charge is 2.28. The SMILES string of the molecule is Cc1cc(N2CCOCC2)ccc1NC(=O)NC(C)C1CC1. The Morgan fingerprint density at radius 2 is 2.05 bits per heavy atom. The van der Waals surface area contributed by atoms with Crippen LogP contribution in [-0.4, -0.2) is 38.4 Å². The lowest BCUT2D eigenvalue weighted by Gasteiger charge is -2.29. The molecule has 0 spiro atoms. The Kier molecular flexibility index (Phi) is 4.52. The second kappa shape index (κ2) is 6.57. The molecule has 3 rings (SSSR count). The number of urea groups is 1. The highest BCUT2D eigenvalue weighted by atomic mass is 16.5. The molecule has 1 saturated heterocycles. The monoisotopic (exact) mass is 303 g/mol. The Bertz CT molecular complexity index is 537. The number of hydrogen-bond acceptors (Lipinski definition) is 3. The third-order valence-corrected chi connectivity index (χ3v) is 4.52. The number of benzene rings is 1. The first-order valence-electron chi connectivity index (χ1n) is 8.14. The second-order valence-corrected chi connectivity index (χ2v) is 6.32. The van der Waals surface area contributed by atoms with E-state index in [1.807, 2.05) is 13.0 Å². The van der Waals surface area contributed by atoms with Crippen molar-refractivity contribution in [2.24, 2.45) is 5.92 Å². The number of hydrogen-bond donors (Lipinski definition) is 2. The molecule has 5 nitrogen and oxygen atoms in total. The van der Waals surface area contributed by atoms with Gasteiger partial charge in [0.15, 0.2) is 0 Å². The van der Waals surface area contributed by atoms with Gasteiger partial charge in [-0.3, -0.25) is 0 Å². The van der Waals surface area contributed by atoms with Crippen LogP contribution in [-0.2, 0) is 4.74 Å². The normalized spacial score (nSPS) is 19.6. The molecule has 1 aromatic rings. The van der Waals surface area contributed by atoms with Crippen molar-refractivity contribution in [3.05, 3.63) is 23.8 Å². The van der Waals surface area contributed by atoms with E-state index < -0.39 is 0 Å². The predicted molar refractivity (Wildman–Crippen MR) is 88.6 cm³/mol. The Hall–Kier alpha value is -1.75. The van der Waals surface area contributed by atoms with E-state index >= 15 is 0 Å². The summed E-state index contributed by atoms with van der Waals surface area (Å²) in [5.41, 5.74) is 3.15. The van der Waals surface area contributed by atoms with Gasteiger partial charge in [0.1, 0.15) is 0 Å². The molecule has 2 fully saturated rings. The highest BCUT2D eigenvalue weighted by Crippen LogP contribution is 2.32. The van der Waals surface area contributed by atoms with Crippen LogP contribution in [0.4, 0.5) is 16.2 Å². The van der Waals surface area contributed by atoms with Crippen LogP contribution in [0.5, 0.6) is 0 Å². The molecule has 2 N–H and O–H groups in total. The average molecular weight is 303 g/mol. The van der Waals surface area contributed by atoms with Crippen molar-refractivity contribution in [1.82, 2.24) is 5.32 Å². The van der Waals surface area contributed by atoms with Crippen molar-refractivity contribution in [3.63, 3.8) is 0 Å². The molecule has 120 valence electrons. The van der Waals surface area contributed by atoms with Crippen molar-refractivity contribution in [1.29, 1.82) is 0 Å². The van der Waals surface area contributed by atoms with Gasteiger partial charge in [0, 0.05) is 30.5 Å². The molecular formula is C17H25N3O2. The second-order valence-electron chi connectivity index (χ2n) is 6.32. The van der Waals surface area contributed by atoms with Gasteiger partial charge in [-0.25, -0.2) is 4.79 Å². The first-order chi connectivity index (χ1) is 10.6. The van der Waals surface area contributed by atoms with Gasteiger partial charge < -0.3 is 20.3 Å². The van der Waals surface area contributed by atoms with E-state index in [0.717, 1.165) is 37.6 Å². The third-order valence-electron chi connectivity index (χ3n) is 4.52. The fraction of sp³-hybridized carbons (Fsp3) is 0.588. The zero-order chi connectivity index (χ0) is 15.5. The summed E-state index contributed by atoms with van der Waals surface area (Å²) < 4.78 is 5.38. The molecule has 0 radical (unpaired) electrons. The van der Waals surface area contributed by atoms with E-state index in [-0.39, 0.29) is 12.1 Å². The molecule has 0 aromatic heterocycles. The van der Waals surface area contributed by atoms with E-state index in [4.69, 9.17) is 4.74 Å². The smallest absolute Gasteiger partial charge is 0.319 e. The number of rotatable bonds is 4. The van der Waals surface area contributed by atoms with E-state index in [1.165, 1.54) is 18.5 Å². The van der Waals surface area contributed by atoms with Crippen molar-refractivity contribution >= 4 is 17.4 Å². The number of aryl methyl sites for hydroxylation is 1. The zero-order valence-corrected chi connectivity index (χ0v) is 13.4. The molecule has 2 aliphatic rings. The van der Waals surface area contributed by atoms with Crippen LogP contribution >= 0.6 is 0 Å². The summed E-state index contributed by atoms with van der Waals surface area (Å²) in [6.45, 7) is 7.51. The Morgan fingerprint density at radius 1 is 1.32 bits per heavy atom. The Labute approximate surface area is 132 Å². The fourth-order valence-electron chi connectivity index (χ4n) is 2.89. The number of morpholine rings is 1. The summed E-state index contributed by atoms with van der Waals surface area (Å²) in [5, 5.41) is 5.98. The highest BCUT2D eigenvalue weighted by molar-refractivity contribution is 5.90. The van der Waals surface area contributed by atoms with Crippen LogP contribution in [0.15, 0.2) is 18.2 Å². The number of carbonyl (C=O) groups is 1. The van der Waals surface area contributed by atoms with E-state index in [0.29, 0.717) is 5.92 Å². The number of nitrogens with one attached hydrogen (secondary N) is 2. The summed E-state index contributed by atoms with van der Waals surface area (Å²) in [6, 6.07) is 6.33. The van der Waals surface area contributed by atoms with Crippen molar-refractivity contribution in [2.75, 3.05) is 36.5 Å². The molecule has 1 saturated carbocycles. The standard InChI is InChI=1S/C17H25N3O2/c1-12-11-15(20-7-9-22-10-8-20)5-6-16(12)19-17(21)18-13(2)14-3-4-14/h5-6,11,13-14H,3-4,7-10H2,1-2H3,(H2,18,19,21). The summed E-state index contributed by atoms with van der Waals surface area (Å²) in [5.74, 6) is 0.663. The van der Waals surface area contributed by atoms with Gasteiger partial charge in [-0.05, 0) is 56.4 Å². The van der Waals surface area contributed by atoms with Gasteiger partial charge in [0.2, 0.25) is 0 Å². The van der Waals surface area contributed by atoms with E-state index in [2.05, 4.69) is 34.6 Å². The minimum Gasteiger partial charge on any atom is -0.378 e. The molecule has 22 heavy (non-hydrogen) atoms. The van der Waals surface area contributed by atoms with Crippen LogP contribution in [0.25, 0.3) is 0 Å². The lowest BCUT2D eigenvalue weighted by atomic mass is 10.1. The fourth-order valence-corrected chi connectivity index (χ4v) is 2.89. The molecule has 1 heterocycles. The van der Waals surface area contributed by atoms with E-state index in [9.17, 15) is 4.79 Å². The Balaban J connectivity index is 1.60. The number of carbonyl (C=O) groups excluding carboxylic acids is 1. The van der Waals surface area contributed by atoms with E-state index in [1.54, 1.807) is 0 Å². The molecule has 1 atom stereocenters. The molecular weight excluding hydrogens is 278 g/mol. The number of nitrogens with zero attached hydrogens (tertiary/aromatic N) is 1. The summed E-state index contributed by atoms with van der Waals surface area (Å²) in [7, 11) is 0. The van der Waals surface area contributed by atoms with Crippen LogP contribution < -0.4 is 15.5 Å². The predicted octanol–water partition coefficient (Wildman–Crippen LogP) is 2.75. The Morgan fingerprint density at radius 3 is 2.68 bits per heavy atom. The average Bonchev–Trinajstić information content (AvgIpc) is 3.35. The van der Waals surface area contributed by atoms with Gasteiger partial charge in [0.25, 0.3) is 0 Å². The maximum atomic E-state index is 12.0. The van der Waals surface area contributed by atoms with Crippen molar-refractivity contribution in [3.8, 4) is 0 Å². The van der Waals surface area contributed by atoms with Crippen LogP contribution in [0, 0.1) is 12.8 Å². The molecule has 1 unspecified atom stereocenters. The molecule has 1 aliphatic carbocycles. The van der Waals surface area contributed by atoms with Gasteiger partial charge in [-0.2, -0.15) is 0 Å². The van der Waals surface area contributed by atoms with Gasteiger partial charge in [-0.15, -0.1) is 0 Å². The van der Waals surface area contributed by atoms with Gasteiger partial charge in [0.05, 0.1) is 13.2 Å². The van der Waals surface area contributed by atoms with Gasteiger partial charge >= 0.3 is 6.03 Å². The molecule has 1 aromatic carbocycles. The third kappa shape index (κ3) is 3.71. The first kappa shape index (κ1) is 15.2. The van der Waals surface area contributed by atoms with Crippen LogP contribution in [0.3, 0.4) is 0 Å². The van der Waals surface area contributed by atoms with Crippen LogP contribution in [0.1, 0.15) is 25.3 Å². The number of anilines is 2. The number of amides is 2. The van der Waals surface area contributed by atoms with Gasteiger partial charge in [-0.1, -0.05) is 0 Å². The quantitative estimate of drug-likeness (QED) is 0.899. The van der Waals surface area contributed by atoms with Crippen molar-refractivity contribution in [2.45, 2.75) is 32.7 Å². The maximum Gasteiger partial charge on any atom is 0.319 e.